The monoisotopic (exact) mass is 330 g/mol. The average molecular weight is 330 g/mol. The van der Waals surface area contributed by atoms with E-state index in [0.29, 0.717) is 5.92 Å². The minimum atomic E-state index is 0.0734. The molecule has 1 aromatic carbocycles. The predicted molar refractivity (Wildman–Crippen MR) is 96.1 cm³/mol. The summed E-state index contributed by atoms with van der Waals surface area (Å²) < 4.78 is 5.38. The van der Waals surface area contributed by atoms with Gasteiger partial charge in [0.1, 0.15) is 0 Å². The molecule has 1 N–H and O–H groups in total. The molecule has 0 radical (unpaired) electrons. The van der Waals surface area contributed by atoms with E-state index in [1.807, 2.05) is 4.90 Å². The Kier molecular flexibility index (Phi) is 5.14. The Morgan fingerprint density at radius 3 is 2.62 bits per heavy atom. The van der Waals surface area contributed by atoms with Gasteiger partial charge in [-0.05, 0) is 35.8 Å². The SMILES string of the molecule is CC(C)(C)c1ccc([C@@H]2CCCN2C(=O)NC[C@@H]2CCOC2)cc1. The molecule has 0 saturated carbocycles. The van der Waals surface area contributed by atoms with E-state index in [1.54, 1.807) is 0 Å². The van der Waals surface area contributed by atoms with Crippen molar-refractivity contribution in [3.8, 4) is 0 Å². The zero-order valence-electron chi connectivity index (χ0n) is 15.2. The molecule has 24 heavy (non-hydrogen) atoms. The summed E-state index contributed by atoms with van der Waals surface area (Å²) >= 11 is 0. The maximum absolute atomic E-state index is 12.6. The van der Waals surface area contributed by atoms with Crippen molar-refractivity contribution in [3.05, 3.63) is 35.4 Å². The Morgan fingerprint density at radius 1 is 1.25 bits per heavy atom. The lowest BCUT2D eigenvalue weighted by molar-refractivity contribution is 0.179. The standard InChI is InChI=1S/C20H30N2O2/c1-20(2,3)17-8-6-16(7-9-17)18-5-4-11-22(18)19(23)21-13-15-10-12-24-14-15/h6-9,15,18H,4-5,10-14H2,1-3H3,(H,21,23)/t15-,18-/m0/s1. The molecule has 4 nitrogen and oxygen atoms in total. The Morgan fingerprint density at radius 2 is 2.00 bits per heavy atom. The molecule has 0 spiro atoms. The minimum Gasteiger partial charge on any atom is -0.381 e. The van der Waals surface area contributed by atoms with Gasteiger partial charge in [0.15, 0.2) is 0 Å². The largest absolute Gasteiger partial charge is 0.381 e. The van der Waals surface area contributed by atoms with Gasteiger partial charge in [0.25, 0.3) is 0 Å². The number of benzene rings is 1. The molecule has 2 heterocycles. The molecule has 4 heteroatoms. The summed E-state index contributed by atoms with van der Waals surface area (Å²) in [6.07, 6.45) is 3.18. The lowest BCUT2D eigenvalue weighted by Crippen LogP contribution is -2.41. The van der Waals surface area contributed by atoms with Crippen molar-refractivity contribution in [2.75, 3.05) is 26.3 Å². The Bertz CT molecular complexity index is 556. The molecule has 2 fully saturated rings. The van der Waals surface area contributed by atoms with E-state index in [2.05, 4.69) is 50.4 Å². The summed E-state index contributed by atoms with van der Waals surface area (Å²) in [4.78, 5) is 14.6. The third-order valence-corrected chi connectivity index (χ3v) is 5.24. The number of carbonyl (C=O) groups is 1. The molecule has 2 aliphatic heterocycles. The molecule has 2 saturated heterocycles. The van der Waals surface area contributed by atoms with Gasteiger partial charge in [-0.25, -0.2) is 4.79 Å². The molecular formula is C20H30N2O2. The molecule has 2 amide bonds. The highest BCUT2D eigenvalue weighted by Gasteiger charge is 2.30. The van der Waals surface area contributed by atoms with Gasteiger partial charge in [-0.3, -0.25) is 0 Å². The topological polar surface area (TPSA) is 41.6 Å². The van der Waals surface area contributed by atoms with Gasteiger partial charge in [-0.1, -0.05) is 45.0 Å². The van der Waals surface area contributed by atoms with Gasteiger partial charge in [-0.2, -0.15) is 0 Å². The number of hydrogen-bond acceptors (Lipinski definition) is 2. The third-order valence-electron chi connectivity index (χ3n) is 5.24. The van der Waals surface area contributed by atoms with Crippen LogP contribution >= 0.6 is 0 Å². The van der Waals surface area contributed by atoms with Gasteiger partial charge in [0.2, 0.25) is 0 Å². The van der Waals surface area contributed by atoms with E-state index in [-0.39, 0.29) is 17.5 Å². The Labute approximate surface area is 145 Å². The maximum Gasteiger partial charge on any atom is 0.317 e. The number of likely N-dealkylation sites (tertiary alicyclic amines) is 1. The van der Waals surface area contributed by atoms with E-state index in [4.69, 9.17) is 4.74 Å². The summed E-state index contributed by atoms with van der Waals surface area (Å²) in [5.74, 6) is 0.473. The van der Waals surface area contributed by atoms with Crippen LogP contribution in [0.15, 0.2) is 24.3 Å². The van der Waals surface area contributed by atoms with Crippen molar-refractivity contribution in [1.82, 2.24) is 10.2 Å². The number of rotatable bonds is 3. The molecule has 2 aliphatic rings. The fraction of sp³-hybridized carbons (Fsp3) is 0.650. The molecule has 0 bridgehead atoms. The van der Waals surface area contributed by atoms with Crippen LogP contribution in [-0.4, -0.2) is 37.2 Å². The summed E-state index contributed by atoms with van der Waals surface area (Å²) in [5, 5.41) is 3.11. The van der Waals surface area contributed by atoms with Crippen molar-refractivity contribution in [3.63, 3.8) is 0 Å². The predicted octanol–water partition coefficient (Wildman–Crippen LogP) is 3.87. The zero-order valence-corrected chi connectivity index (χ0v) is 15.2. The van der Waals surface area contributed by atoms with Crippen LogP contribution in [0.1, 0.15) is 57.2 Å². The van der Waals surface area contributed by atoms with E-state index in [9.17, 15) is 4.79 Å². The van der Waals surface area contributed by atoms with Crippen molar-refractivity contribution in [1.29, 1.82) is 0 Å². The molecule has 132 valence electrons. The second-order valence-corrected chi connectivity index (χ2v) is 8.14. The maximum atomic E-state index is 12.6. The zero-order chi connectivity index (χ0) is 17.2. The lowest BCUT2D eigenvalue weighted by atomic mass is 9.86. The van der Waals surface area contributed by atoms with Crippen molar-refractivity contribution >= 4 is 6.03 Å². The summed E-state index contributed by atoms with van der Waals surface area (Å²) in [5.41, 5.74) is 2.75. The molecule has 0 unspecified atom stereocenters. The molecular weight excluding hydrogens is 300 g/mol. The second-order valence-electron chi connectivity index (χ2n) is 8.14. The minimum absolute atomic E-state index is 0.0734. The van der Waals surface area contributed by atoms with E-state index >= 15 is 0 Å². The van der Waals surface area contributed by atoms with Crippen LogP contribution in [0.4, 0.5) is 4.79 Å². The van der Waals surface area contributed by atoms with E-state index in [1.165, 1.54) is 11.1 Å². The first-order valence-electron chi connectivity index (χ1n) is 9.18. The van der Waals surface area contributed by atoms with Crippen LogP contribution in [0.25, 0.3) is 0 Å². The summed E-state index contributed by atoms with van der Waals surface area (Å²) in [6, 6.07) is 9.09. The van der Waals surface area contributed by atoms with E-state index < -0.39 is 0 Å². The van der Waals surface area contributed by atoms with Crippen LogP contribution in [0.5, 0.6) is 0 Å². The first kappa shape index (κ1) is 17.3. The highest BCUT2D eigenvalue weighted by molar-refractivity contribution is 5.75. The quantitative estimate of drug-likeness (QED) is 0.914. The molecule has 1 aromatic rings. The van der Waals surface area contributed by atoms with E-state index in [0.717, 1.165) is 45.6 Å². The smallest absolute Gasteiger partial charge is 0.317 e. The first-order chi connectivity index (χ1) is 11.4. The number of hydrogen-bond donors (Lipinski definition) is 1. The van der Waals surface area contributed by atoms with Crippen molar-refractivity contribution in [2.45, 2.75) is 51.5 Å². The lowest BCUT2D eigenvalue weighted by Gasteiger charge is -2.27. The number of nitrogens with zero attached hydrogens (tertiary/aromatic N) is 1. The van der Waals surface area contributed by atoms with Gasteiger partial charge in [0.05, 0.1) is 12.6 Å². The number of carbonyl (C=O) groups excluding carboxylic acids is 1. The van der Waals surface area contributed by atoms with Gasteiger partial charge >= 0.3 is 6.03 Å². The van der Waals surface area contributed by atoms with Gasteiger partial charge < -0.3 is 15.0 Å². The normalized spacial score (nSPS) is 24.4. The van der Waals surface area contributed by atoms with Gasteiger partial charge in [0, 0.05) is 25.6 Å². The highest BCUT2D eigenvalue weighted by Crippen LogP contribution is 2.33. The average Bonchev–Trinajstić information content (AvgIpc) is 3.23. The number of amides is 2. The van der Waals surface area contributed by atoms with Crippen molar-refractivity contribution < 1.29 is 9.53 Å². The second kappa shape index (κ2) is 7.14. The highest BCUT2D eigenvalue weighted by atomic mass is 16.5. The van der Waals surface area contributed by atoms with Crippen LogP contribution in [-0.2, 0) is 10.2 Å². The number of ether oxygens (including phenoxy) is 1. The first-order valence-corrected chi connectivity index (χ1v) is 9.18. The fourth-order valence-corrected chi connectivity index (χ4v) is 3.64. The molecule has 0 aliphatic carbocycles. The van der Waals surface area contributed by atoms with Crippen LogP contribution in [0.3, 0.4) is 0 Å². The Hall–Kier alpha value is -1.55. The molecule has 3 rings (SSSR count). The number of urea groups is 1. The summed E-state index contributed by atoms with van der Waals surface area (Å²) in [7, 11) is 0. The number of nitrogens with one attached hydrogen (secondary N) is 1. The molecule has 0 aromatic heterocycles. The van der Waals surface area contributed by atoms with Gasteiger partial charge in [-0.15, -0.1) is 0 Å². The molecule has 2 atom stereocenters. The third kappa shape index (κ3) is 3.92. The Balaban J connectivity index is 1.62. The summed E-state index contributed by atoms with van der Waals surface area (Å²) in [6.45, 7) is 9.85. The van der Waals surface area contributed by atoms with Crippen LogP contribution in [0, 0.1) is 5.92 Å². The van der Waals surface area contributed by atoms with Crippen LogP contribution in [0.2, 0.25) is 0 Å². The fourth-order valence-electron chi connectivity index (χ4n) is 3.64. The van der Waals surface area contributed by atoms with Crippen LogP contribution < -0.4 is 5.32 Å². The van der Waals surface area contributed by atoms with Crippen molar-refractivity contribution in [2.24, 2.45) is 5.92 Å².